The first-order valence-electron chi connectivity index (χ1n) is 8.12. The minimum absolute atomic E-state index is 0.0189. The smallest absolute Gasteiger partial charge is 0.293 e. The highest BCUT2D eigenvalue weighted by Gasteiger charge is 2.23. The Bertz CT molecular complexity index is 1020. The molecule has 0 unspecified atom stereocenters. The number of aromatic nitrogens is 5. The summed E-state index contributed by atoms with van der Waals surface area (Å²) < 4.78 is 5.86. The van der Waals surface area contributed by atoms with Crippen molar-refractivity contribution in [1.82, 2.24) is 30.7 Å². The van der Waals surface area contributed by atoms with Crippen molar-refractivity contribution in [3.8, 4) is 5.82 Å². The normalized spacial score (nSPS) is 11.0. The number of hydrogen-bond donors (Lipinski definition) is 2. The van der Waals surface area contributed by atoms with Crippen molar-refractivity contribution in [2.24, 2.45) is 5.10 Å². The first-order chi connectivity index (χ1) is 13.5. The van der Waals surface area contributed by atoms with Crippen molar-refractivity contribution in [1.29, 1.82) is 0 Å². The Balaban J connectivity index is 1.76. The van der Waals surface area contributed by atoms with Crippen LogP contribution in [0.5, 0.6) is 0 Å². The van der Waals surface area contributed by atoms with Crippen LogP contribution in [0, 0.1) is 10.1 Å². The van der Waals surface area contributed by atoms with Crippen molar-refractivity contribution in [3.05, 3.63) is 51.3 Å². The van der Waals surface area contributed by atoms with Crippen LogP contribution in [0.2, 0.25) is 0 Å². The van der Waals surface area contributed by atoms with Gasteiger partial charge in [-0.25, -0.2) is 10.1 Å². The molecule has 1 aromatic carbocycles. The van der Waals surface area contributed by atoms with E-state index in [0.717, 1.165) is 0 Å². The highest BCUT2D eigenvalue weighted by atomic mass is 16.6. The zero-order chi connectivity index (χ0) is 20.1. The summed E-state index contributed by atoms with van der Waals surface area (Å²) in [5.74, 6) is -0.419. The largest absolute Gasteiger partial charge is 0.378 e. The lowest BCUT2D eigenvalue weighted by molar-refractivity contribution is -0.384. The van der Waals surface area contributed by atoms with Crippen LogP contribution in [-0.2, 0) is 6.42 Å². The molecule has 13 nitrogen and oxygen atoms in total. The van der Waals surface area contributed by atoms with Crippen LogP contribution in [0.25, 0.3) is 5.82 Å². The van der Waals surface area contributed by atoms with Crippen LogP contribution in [-0.4, -0.2) is 42.4 Å². The molecule has 1 amide bonds. The van der Waals surface area contributed by atoms with Crippen LogP contribution >= 0.6 is 0 Å². The Hall–Kier alpha value is -4.16. The molecule has 3 rings (SSSR count). The highest BCUT2D eigenvalue weighted by Crippen LogP contribution is 2.17. The van der Waals surface area contributed by atoms with E-state index < -0.39 is 10.8 Å². The standard InChI is InChI=1S/C15H15N9O4/c1-2-3-11-12(18-22-23(11)14-13(16)20-28-21-14)15(25)19-17-8-9-4-6-10(7-5-9)24(26)27/h4-8H,2-3H2,1H3,(H2,16,20)(H,19,25)/b17-8+. The van der Waals surface area contributed by atoms with Gasteiger partial charge in [0.05, 0.1) is 16.8 Å². The van der Waals surface area contributed by atoms with E-state index in [1.807, 2.05) is 6.92 Å². The van der Waals surface area contributed by atoms with Crippen molar-refractivity contribution in [2.45, 2.75) is 19.8 Å². The number of nitrogens with zero attached hydrogens (tertiary/aromatic N) is 7. The molecule has 0 bridgehead atoms. The fourth-order valence-corrected chi connectivity index (χ4v) is 2.35. The predicted molar refractivity (Wildman–Crippen MR) is 95.8 cm³/mol. The number of carbonyl (C=O) groups is 1. The molecule has 0 aliphatic rings. The topological polar surface area (TPSA) is 180 Å². The lowest BCUT2D eigenvalue weighted by Gasteiger charge is -2.03. The van der Waals surface area contributed by atoms with Gasteiger partial charge < -0.3 is 5.73 Å². The molecular weight excluding hydrogens is 370 g/mol. The van der Waals surface area contributed by atoms with Crippen LogP contribution in [0.1, 0.15) is 35.1 Å². The molecule has 2 heterocycles. The zero-order valence-electron chi connectivity index (χ0n) is 14.6. The van der Waals surface area contributed by atoms with E-state index in [2.05, 4.69) is 35.8 Å². The molecule has 144 valence electrons. The second-order valence-electron chi connectivity index (χ2n) is 5.57. The molecule has 0 aliphatic carbocycles. The van der Waals surface area contributed by atoms with Gasteiger partial charge in [-0.05, 0) is 34.4 Å². The van der Waals surface area contributed by atoms with E-state index in [1.165, 1.54) is 35.2 Å². The Morgan fingerprint density at radius 1 is 1.39 bits per heavy atom. The van der Waals surface area contributed by atoms with Gasteiger partial charge in [0, 0.05) is 12.1 Å². The Morgan fingerprint density at radius 2 is 2.14 bits per heavy atom. The van der Waals surface area contributed by atoms with Gasteiger partial charge in [0.2, 0.25) is 11.6 Å². The summed E-state index contributed by atoms with van der Waals surface area (Å²) >= 11 is 0. The van der Waals surface area contributed by atoms with Crippen LogP contribution in [0.15, 0.2) is 34.0 Å². The summed E-state index contributed by atoms with van der Waals surface area (Å²) in [5, 5.41) is 29.4. The number of nitro benzene ring substituents is 1. The summed E-state index contributed by atoms with van der Waals surface area (Å²) in [5.41, 5.74) is 9.10. The van der Waals surface area contributed by atoms with E-state index in [4.69, 9.17) is 5.73 Å². The molecule has 0 radical (unpaired) electrons. The lowest BCUT2D eigenvalue weighted by Crippen LogP contribution is -2.20. The molecule has 0 fully saturated rings. The van der Waals surface area contributed by atoms with Gasteiger partial charge in [-0.2, -0.15) is 9.78 Å². The van der Waals surface area contributed by atoms with Crippen LogP contribution in [0.3, 0.4) is 0 Å². The third-order valence-corrected chi connectivity index (χ3v) is 3.64. The van der Waals surface area contributed by atoms with Crippen molar-refractivity contribution >= 4 is 23.6 Å². The van der Waals surface area contributed by atoms with Gasteiger partial charge in [-0.15, -0.1) is 5.10 Å². The third kappa shape index (κ3) is 3.82. The van der Waals surface area contributed by atoms with Crippen LogP contribution in [0.4, 0.5) is 11.5 Å². The molecule has 2 aromatic heterocycles. The fourth-order valence-electron chi connectivity index (χ4n) is 2.35. The molecule has 0 aliphatic heterocycles. The van der Waals surface area contributed by atoms with E-state index in [0.29, 0.717) is 24.1 Å². The highest BCUT2D eigenvalue weighted by molar-refractivity contribution is 5.94. The Morgan fingerprint density at radius 3 is 2.75 bits per heavy atom. The number of nitrogen functional groups attached to an aromatic ring is 1. The molecule has 3 N–H and O–H groups in total. The predicted octanol–water partition coefficient (Wildman–Crippen LogP) is 0.857. The zero-order valence-corrected chi connectivity index (χ0v) is 14.6. The molecule has 28 heavy (non-hydrogen) atoms. The Labute approximate surface area is 157 Å². The van der Waals surface area contributed by atoms with Crippen molar-refractivity contribution < 1.29 is 14.3 Å². The number of anilines is 1. The van der Waals surface area contributed by atoms with Gasteiger partial charge in [0.1, 0.15) is 0 Å². The van der Waals surface area contributed by atoms with Gasteiger partial charge in [0.25, 0.3) is 11.6 Å². The first-order valence-corrected chi connectivity index (χ1v) is 8.12. The number of carbonyl (C=O) groups excluding carboxylic acids is 1. The fraction of sp³-hybridized carbons (Fsp3) is 0.200. The molecule has 0 saturated carbocycles. The maximum absolute atomic E-state index is 12.4. The van der Waals surface area contributed by atoms with E-state index in [1.54, 1.807) is 0 Å². The van der Waals surface area contributed by atoms with E-state index in [-0.39, 0.29) is 23.0 Å². The number of hydrogen-bond acceptors (Lipinski definition) is 10. The monoisotopic (exact) mass is 385 g/mol. The molecule has 0 spiro atoms. The summed E-state index contributed by atoms with van der Waals surface area (Å²) in [6.45, 7) is 1.93. The molecule has 3 aromatic rings. The molecule has 0 atom stereocenters. The van der Waals surface area contributed by atoms with Crippen molar-refractivity contribution in [2.75, 3.05) is 5.73 Å². The molecular formula is C15H15N9O4. The lowest BCUT2D eigenvalue weighted by atomic mass is 10.2. The third-order valence-electron chi connectivity index (χ3n) is 3.64. The second-order valence-corrected chi connectivity index (χ2v) is 5.57. The van der Waals surface area contributed by atoms with Gasteiger partial charge in [0.15, 0.2) is 5.69 Å². The summed E-state index contributed by atoms with van der Waals surface area (Å²) in [7, 11) is 0. The number of nitro groups is 1. The maximum atomic E-state index is 12.4. The van der Waals surface area contributed by atoms with E-state index in [9.17, 15) is 14.9 Å². The summed E-state index contributed by atoms with van der Waals surface area (Å²) in [4.78, 5) is 22.6. The SMILES string of the molecule is CCCc1c(C(=O)N/N=C/c2ccc([N+](=O)[O-])cc2)nnn1-c1nonc1N. The minimum Gasteiger partial charge on any atom is -0.378 e. The summed E-state index contributed by atoms with van der Waals surface area (Å²) in [6.07, 6.45) is 2.55. The van der Waals surface area contributed by atoms with E-state index >= 15 is 0 Å². The quantitative estimate of drug-likeness (QED) is 0.338. The number of rotatable bonds is 7. The number of nitrogens with one attached hydrogen (secondary N) is 1. The molecule has 0 saturated heterocycles. The number of amides is 1. The average molecular weight is 385 g/mol. The van der Waals surface area contributed by atoms with Crippen LogP contribution < -0.4 is 11.2 Å². The van der Waals surface area contributed by atoms with Gasteiger partial charge >= 0.3 is 0 Å². The number of nitrogens with two attached hydrogens (primary N) is 1. The second kappa shape index (κ2) is 8.03. The van der Waals surface area contributed by atoms with Gasteiger partial charge in [-0.3, -0.25) is 14.9 Å². The maximum Gasteiger partial charge on any atom is 0.293 e. The number of hydrazone groups is 1. The average Bonchev–Trinajstić information content (AvgIpc) is 3.28. The van der Waals surface area contributed by atoms with Gasteiger partial charge in [-0.1, -0.05) is 18.6 Å². The number of non-ortho nitro benzene ring substituents is 1. The van der Waals surface area contributed by atoms with Crippen molar-refractivity contribution in [3.63, 3.8) is 0 Å². The minimum atomic E-state index is -0.581. The number of benzene rings is 1. The first kappa shape index (κ1) is 18.6. The Kier molecular flexibility index (Phi) is 5.34. The molecule has 13 heteroatoms. The summed E-state index contributed by atoms with van der Waals surface area (Å²) in [6, 6.07) is 5.69.